The van der Waals surface area contributed by atoms with Crippen molar-refractivity contribution in [1.29, 1.82) is 0 Å². The largest absolute Gasteiger partial charge is 0.310 e. The first-order valence-corrected chi connectivity index (χ1v) is 24.3. The van der Waals surface area contributed by atoms with Gasteiger partial charge in [-0.3, -0.25) is 0 Å². The topological polar surface area (TPSA) is 8.17 Å². The van der Waals surface area contributed by atoms with Crippen LogP contribution in [0.2, 0.25) is 0 Å². The van der Waals surface area contributed by atoms with Crippen molar-refractivity contribution in [3.8, 4) is 27.9 Å². The predicted molar refractivity (Wildman–Crippen MR) is 264 cm³/mol. The van der Waals surface area contributed by atoms with Crippen LogP contribution in [-0.4, -0.2) is 4.57 Å². The molecule has 1 aromatic heterocycles. The number of para-hydroxylation sites is 1. The second-order valence-corrected chi connectivity index (χ2v) is 21.0. The Morgan fingerprint density at radius 3 is 1.84 bits per heavy atom. The van der Waals surface area contributed by atoms with Gasteiger partial charge in [-0.2, -0.15) is 0 Å². The Morgan fingerprint density at radius 2 is 1.16 bits per heavy atom. The average molecular weight is 819 g/mol. The summed E-state index contributed by atoms with van der Waals surface area (Å²) in [6.45, 7) is 4.94. The SMILES string of the molecule is CC1(C)c2cc(N(c3ccc(C4CCCCC4)cc3)c3ccc(C45CC6CC(CC(C6)C4)C5)cc3)ccc2-c2ccc3c4c(-c5ccccc5)cccc4n(-c4ccccc4)c3c21. The molecule has 7 aromatic carbocycles. The summed E-state index contributed by atoms with van der Waals surface area (Å²) in [6.07, 6.45) is 15.4. The molecule has 5 saturated carbocycles. The van der Waals surface area contributed by atoms with Crippen LogP contribution in [-0.2, 0) is 10.8 Å². The van der Waals surface area contributed by atoms with E-state index in [1.807, 2.05) is 0 Å². The molecule has 0 radical (unpaired) electrons. The minimum absolute atomic E-state index is 0.257. The van der Waals surface area contributed by atoms with Gasteiger partial charge in [0.05, 0.1) is 11.0 Å². The third kappa shape index (κ3) is 5.89. The number of hydrogen-bond acceptors (Lipinski definition) is 1. The number of nitrogens with zero attached hydrogens (tertiary/aromatic N) is 2. The zero-order chi connectivity index (χ0) is 41.9. The van der Waals surface area contributed by atoms with Gasteiger partial charge in [-0.25, -0.2) is 0 Å². The number of rotatable bonds is 7. The van der Waals surface area contributed by atoms with E-state index in [1.54, 1.807) is 5.56 Å². The predicted octanol–water partition coefficient (Wildman–Crippen LogP) is 16.7. The first-order valence-electron chi connectivity index (χ1n) is 24.3. The molecule has 63 heavy (non-hydrogen) atoms. The molecule has 312 valence electrons. The molecule has 0 amide bonds. The van der Waals surface area contributed by atoms with E-state index in [0.29, 0.717) is 11.3 Å². The fourth-order valence-corrected chi connectivity index (χ4v) is 14.5. The maximum Gasteiger partial charge on any atom is 0.0588 e. The third-order valence-electron chi connectivity index (χ3n) is 16.9. The van der Waals surface area contributed by atoms with Gasteiger partial charge in [0.2, 0.25) is 0 Å². The highest BCUT2D eigenvalue weighted by atomic mass is 15.1. The molecule has 0 spiro atoms. The van der Waals surface area contributed by atoms with E-state index in [2.05, 4.69) is 181 Å². The highest BCUT2D eigenvalue weighted by Crippen LogP contribution is 2.61. The summed E-state index contributed by atoms with van der Waals surface area (Å²) >= 11 is 0. The van der Waals surface area contributed by atoms with Gasteiger partial charge >= 0.3 is 0 Å². The van der Waals surface area contributed by atoms with Crippen LogP contribution in [0.4, 0.5) is 17.1 Å². The quantitative estimate of drug-likeness (QED) is 0.156. The van der Waals surface area contributed by atoms with Crippen molar-refractivity contribution in [2.24, 2.45) is 17.8 Å². The Labute approximate surface area is 373 Å². The molecule has 0 aliphatic heterocycles. The van der Waals surface area contributed by atoms with Crippen molar-refractivity contribution in [1.82, 2.24) is 4.57 Å². The second-order valence-electron chi connectivity index (χ2n) is 21.0. The normalized spacial score (nSPS) is 23.3. The standard InChI is InChI=1S/C61H58N2/c1-60(2)55-36-50(29-30-52(55)53-31-32-54-57-51(45-15-8-4-9-16-45)19-12-20-56(57)63(59(54)58(53)60)47-17-10-5-11-18-47)62(48-25-21-44(22-26-48)43-13-6-3-7-14-43)49-27-23-46(24-28-49)61-37-40-33-41(38-61)35-42(34-40)39-61/h4-5,8-12,15-32,36,40-43H,3,6-7,13-14,33-35,37-39H2,1-2H3. The van der Waals surface area contributed by atoms with Crippen molar-refractivity contribution in [3.05, 3.63) is 180 Å². The Balaban J connectivity index is 0.957. The lowest BCUT2D eigenvalue weighted by atomic mass is 9.48. The minimum atomic E-state index is -0.257. The molecule has 0 atom stereocenters. The smallest absolute Gasteiger partial charge is 0.0588 e. The van der Waals surface area contributed by atoms with Crippen LogP contribution in [0.5, 0.6) is 0 Å². The van der Waals surface area contributed by atoms with E-state index in [4.69, 9.17) is 0 Å². The molecular weight excluding hydrogens is 761 g/mol. The monoisotopic (exact) mass is 818 g/mol. The van der Waals surface area contributed by atoms with E-state index >= 15 is 0 Å². The molecule has 6 aliphatic carbocycles. The average Bonchev–Trinajstić information content (AvgIpc) is 3.78. The molecule has 6 aliphatic rings. The van der Waals surface area contributed by atoms with Crippen LogP contribution in [0.3, 0.4) is 0 Å². The number of aromatic nitrogens is 1. The summed E-state index contributed by atoms with van der Waals surface area (Å²) in [5.74, 6) is 3.51. The van der Waals surface area contributed by atoms with Crippen LogP contribution < -0.4 is 4.90 Å². The summed E-state index contributed by atoms with van der Waals surface area (Å²) in [5.41, 5.74) is 18.7. The van der Waals surface area contributed by atoms with Crippen LogP contribution in [0.25, 0.3) is 49.7 Å². The van der Waals surface area contributed by atoms with Gasteiger partial charge in [0.25, 0.3) is 0 Å². The zero-order valence-corrected chi connectivity index (χ0v) is 37.0. The van der Waals surface area contributed by atoms with Gasteiger partial charge in [0.15, 0.2) is 0 Å². The van der Waals surface area contributed by atoms with E-state index in [9.17, 15) is 0 Å². The van der Waals surface area contributed by atoms with Gasteiger partial charge in [-0.1, -0.05) is 136 Å². The molecule has 2 nitrogen and oxygen atoms in total. The molecule has 5 fully saturated rings. The van der Waals surface area contributed by atoms with Gasteiger partial charge in [0, 0.05) is 38.9 Å². The van der Waals surface area contributed by atoms with E-state index in [0.717, 1.165) is 17.8 Å². The first-order chi connectivity index (χ1) is 30.9. The lowest BCUT2D eigenvalue weighted by Gasteiger charge is -2.57. The number of anilines is 3. The number of fused-ring (bicyclic) bond motifs is 7. The van der Waals surface area contributed by atoms with Crippen LogP contribution >= 0.6 is 0 Å². The summed E-state index contributed by atoms with van der Waals surface area (Å²) in [4.78, 5) is 2.55. The Kier molecular flexibility index (Phi) is 8.57. The molecule has 1 heterocycles. The van der Waals surface area contributed by atoms with E-state index in [1.165, 1.54) is 154 Å². The number of benzene rings is 7. The lowest BCUT2D eigenvalue weighted by Crippen LogP contribution is -2.48. The van der Waals surface area contributed by atoms with Gasteiger partial charge < -0.3 is 9.47 Å². The Bertz CT molecular complexity index is 2980. The summed E-state index contributed by atoms with van der Waals surface area (Å²) in [5, 5.41) is 2.63. The summed E-state index contributed by atoms with van der Waals surface area (Å²) in [6, 6.07) is 60.7. The van der Waals surface area contributed by atoms with Gasteiger partial charge in [-0.05, 0) is 180 Å². The van der Waals surface area contributed by atoms with Crippen molar-refractivity contribution < 1.29 is 0 Å². The fraction of sp³-hybridized carbons (Fsp3) is 0.311. The minimum Gasteiger partial charge on any atom is -0.310 e. The second kappa shape index (κ2) is 14.3. The Morgan fingerprint density at radius 1 is 0.540 bits per heavy atom. The third-order valence-corrected chi connectivity index (χ3v) is 16.9. The fourth-order valence-electron chi connectivity index (χ4n) is 14.5. The lowest BCUT2D eigenvalue weighted by molar-refractivity contribution is -0.00518. The van der Waals surface area contributed by atoms with Crippen molar-refractivity contribution in [2.75, 3.05) is 4.90 Å². The molecule has 0 saturated heterocycles. The Hall–Kier alpha value is -5.86. The molecule has 8 aromatic rings. The number of hydrogen-bond donors (Lipinski definition) is 0. The highest BCUT2D eigenvalue weighted by Gasteiger charge is 2.51. The molecule has 0 N–H and O–H groups in total. The van der Waals surface area contributed by atoms with E-state index < -0.39 is 0 Å². The molecular formula is C61H58N2. The van der Waals surface area contributed by atoms with Crippen molar-refractivity contribution in [2.45, 2.75) is 101 Å². The summed E-state index contributed by atoms with van der Waals surface area (Å²) < 4.78 is 2.55. The maximum atomic E-state index is 2.55. The van der Waals surface area contributed by atoms with Gasteiger partial charge in [0.1, 0.15) is 0 Å². The van der Waals surface area contributed by atoms with Crippen LogP contribution in [0.1, 0.15) is 113 Å². The molecule has 0 unspecified atom stereocenters. The van der Waals surface area contributed by atoms with Gasteiger partial charge in [-0.15, -0.1) is 0 Å². The van der Waals surface area contributed by atoms with E-state index in [-0.39, 0.29) is 5.41 Å². The van der Waals surface area contributed by atoms with Crippen molar-refractivity contribution in [3.63, 3.8) is 0 Å². The summed E-state index contributed by atoms with van der Waals surface area (Å²) in [7, 11) is 0. The molecule has 14 rings (SSSR count). The highest BCUT2D eigenvalue weighted by molar-refractivity contribution is 6.18. The molecule has 2 heteroatoms. The zero-order valence-electron chi connectivity index (χ0n) is 37.0. The molecule has 4 bridgehead atoms. The maximum absolute atomic E-state index is 2.55. The van der Waals surface area contributed by atoms with Crippen LogP contribution in [0, 0.1) is 17.8 Å². The van der Waals surface area contributed by atoms with Crippen LogP contribution in [0.15, 0.2) is 158 Å². The van der Waals surface area contributed by atoms with Crippen molar-refractivity contribution >= 4 is 38.9 Å². The first kappa shape index (κ1) is 37.7.